The molecule has 1 rings (SSSR count). The molecule has 0 amide bonds. The van der Waals surface area contributed by atoms with Gasteiger partial charge in [-0.3, -0.25) is 9.59 Å². The Morgan fingerprint density at radius 3 is 1.38 bits per heavy atom. The summed E-state index contributed by atoms with van der Waals surface area (Å²) < 4.78 is 20.1. The van der Waals surface area contributed by atoms with Gasteiger partial charge >= 0.3 is 11.9 Å². The highest BCUT2D eigenvalue weighted by Gasteiger charge is 2.31. The molecule has 0 aliphatic heterocycles. The molecule has 0 fully saturated rings. The molecule has 0 saturated heterocycles. The van der Waals surface area contributed by atoms with Crippen molar-refractivity contribution in [2.75, 3.05) is 26.4 Å². The maximum Gasteiger partial charge on any atom is 0.302 e. The van der Waals surface area contributed by atoms with Crippen molar-refractivity contribution in [3.8, 4) is 0 Å². The van der Waals surface area contributed by atoms with Gasteiger partial charge in [-0.15, -0.1) is 0 Å². The fraction of sp³-hybridized carbons (Fsp3) is 0.625. The SMILES string of the molecule is CC(=O)OCCCOC1(O)C=CC(O)(OCCCOC(C)=O)C=C1. The van der Waals surface area contributed by atoms with E-state index in [-0.39, 0.29) is 38.4 Å². The lowest BCUT2D eigenvalue weighted by atomic mass is 10.1. The van der Waals surface area contributed by atoms with Crippen molar-refractivity contribution in [3.63, 3.8) is 0 Å². The van der Waals surface area contributed by atoms with Gasteiger partial charge in [-0.1, -0.05) is 0 Å². The molecule has 1 aliphatic rings. The summed E-state index contributed by atoms with van der Waals surface area (Å²) in [6.45, 7) is 3.37. The minimum Gasteiger partial charge on any atom is -0.466 e. The molecular weight excluding hydrogens is 320 g/mol. The van der Waals surface area contributed by atoms with E-state index in [2.05, 4.69) is 0 Å². The summed E-state index contributed by atoms with van der Waals surface area (Å²) in [4.78, 5) is 21.2. The summed E-state index contributed by atoms with van der Waals surface area (Å²) in [5.74, 6) is -4.04. The van der Waals surface area contributed by atoms with Crippen LogP contribution in [0.1, 0.15) is 26.7 Å². The first-order valence-corrected chi connectivity index (χ1v) is 7.65. The summed E-state index contributed by atoms with van der Waals surface area (Å²) in [6.07, 6.45) is 5.94. The zero-order chi connectivity index (χ0) is 18.1. The molecule has 8 nitrogen and oxygen atoms in total. The standard InChI is InChI=1S/C16H24O8/c1-13(17)21-9-3-11-23-15(19)5-7-16(20,8-6-15)24-12-4-10-22-14(2)18/h5-8,19-20H,3-4,9-12H2,1-2H3. The Bertz CT molecular complexity index is 426. The molecule has 0 bridgehead atoms. The second kappa shape index (κ2) is 9.53. The molecule has 0 aromatic rings. The van der Waals surface area contributed by atoms with E-state index in [0.717, 1.165) is 0 Å². The summed E-state index contributed by atoms with van der Waals surface area (Å²) in [6, 6.07) is 0. The topological polar surface area (TPSA) is 112 Å². The Labute approximate surface area is 140 Å². The van der Waals surface area contributed by atoms with E-state index >= 15 is 0 Å². The molecule has 0 radical (unpaired) electrons. The molecule has 24 heavy (non-hydrogen) atoms. The van der Waals surface area contributed by atoms with Gasteiger partial charge in [-0.05, 0) is 24.3 Å². The molecule has 1 aliphatic carbocycles. The van der Waals surface area contributed by atoms with Crippen molar-refractivity contribution in [3.05, 3.63) is 24.3 Å². The Kier molecular flexibility index (Phi) is 8.06. The predicted octanol–water partition coefficient (Wildman–Crippen LogP) is 0.429. The number of ether oxygens (including phenoxy) is 4. The van der Waals surface area contributed by atoms with Gasteiger partial charge in [0.25, 0.3) is 0 Å². The molecule has 0 saturated carbocycles. The molecule has 0 aromatic carbocycles. The Morgan fingerprint density at radius 2 is 1.08 bits per heavy atom. The van der Waals surface area contributed by atoms with E-state index in [0.29, 0.717) is 12.8 Å². The Balaban J connectivity index is 2.29. The first-order chi connectivity index (χ1) is 11.2. The Hall–Kier alpha value is -1.74. The smallest absolute Gasteiger partial charge is 0.302 e. The second-order valence-electron chi connectivity index (χ2n) is 5.25. The van der Waals surface area contributed by atoms with Crippen molar-refractivity contribution >= 4 is 11.9 Å². The molecule has 0 spiro atoms. The minimum atomic E-state index is -1.65. The van der Waals surface area contributed by atoms with Gasteiger partial charge in [-0.25, -0.2) is 0 Å². The van der Waals surface area contributed by atoms with Crippen LogP contribution in [0.4, 0.5) is 0 Å². The van der Waals surface area contributed by atoms with Crippen LogP contribution in [0.2, 0.25) is 0 Å². The molecule has 8 heteroatoms. The minimum absolute atomic E-state index is 0.167. The summed E-state index contributed by atoms with van der Waals surface area (Å²) in [5, 5.41) is 20.3. The zero-order valence-electron chi connectivity index (χ0n) is 13.9. The van der Waals surface area contributed by atoms with Crippen molar-refractivity contribution in [1.29, 1.82) is 0 Å². The van der Waals surface area contributed by atoms with Crippen LogP contribution in [0.15, 0.2) is 24.3 Å². The van der Waals surface area contributed by atoms with Gasteiger partial charge in [0.05, 0.1) is 26.4 Å². The van der Waals surface area contributed by atoms with Crippen LogP contribution in [0, 0.1) is 0 Å². The van der Waals surface area contributed by atoms with Crippen molar-refractivity contribution < 1.29 is 38.7 Å². The van der Waals surface area contributed by atoms with Crippen LogP contribution >= 0.6 is 0 Å². The zero-order valence-corrected chi connectivity index (χ0v) is 13.9. The lowest BCUT2D eigenvalue weighted by molar-refractivity contribution is -0.161. The van der Waals surface area contributed by atoms with Gasteiger partial charge < -0.3 is 29.2 Å². The molecule has 0 atom stereocenters. The number of esters is 2. The van der Waals surface area contributed by atoms with E-state index in [1.165, 1.54) is 38.2 Å². The third-order valence-corrected chi connectivity index (χ3v) is 2.98. The molecule has 0 unspecified atom stereocenters. The van der Waals surface area contributed by atoms with Crippen molar-refractivity contribution in [2.24, 2.45) is 0 Å². The third-order valence-electron chi connectivity index (χ3n) is 2.98. The Morgan fingerprint density at radius 1 is 0.750 bits per heavy atom. The molecule has 136 valence electrons. The summed E-state index contributed by atoms with van der Waals surface area (Å²) >= 11 is 0. The lowest BCUT2D eigenvalue weighted by Crippen LogP contribution is -2.37. The number of hydrogen-bond acceptors (Lipinski definition) is 8. The van der Waals surface area contributed by atoms with E-state index in [4.69, 9.17) is 18.9 Å². The molecular formula is C16H24O8. The highest BCUT2D eigenvalue weighted by atomic mass is 16.6. The van der Waals surface area contributed by atoms with Crippen LogP contribution in [0.5, 0.6) is 0 Å². The lowest BCUT2D eigenvalue weighted by Gasteiger charge is -2.30. The van der Waals surface area contributed by atoms with Gasteiger partial charge in [0.2, 0.25) is 11.6 Å². The fourth-order valence-corrected chi connectivity index (χ4v) is 1.80. The number of carbonyl (C=O) groups excluding carboxylic acids is 2. The maximum atomic E-state index is 10.6. The van der Waals surface area contributed by atoms with Crippen molar-refractivity contribution in [1.82, 2.24) is 0 Å². The number of carbonyl (C=O) groups is 2. The fourth-order valence-electron chi connectivity index (χ4n) is 1.80. The largest absolute Gasteiger partial charge is 0.466 e. The van der Waals surface area contributed by atoms with E-state index in [1.54, 1.807) is 0 Å². The number of aliphatic hydroxyl groups is 2. The van der Waals surface area contributed by atoms with E-state index in [9.17, 15) is 19.8 Å². The van der Waals surface area contributed by atoms with Crippen LogP contribution in [0.25, 0.3) is 0 Å². The number of hydrogen-bond donors (Lipinski definition) is 2. The predicted molar refractivity (Wildman–Crippen MR) is 82.6 cm³/mol. The van der Waals surface area contributed by atoms with Crippen LogP contribution in [-0.4, -0.2) is 60.2 Å². The van der Waals surface area contributed by atoms with Crippen LogP contribution in [0.3, 0.4) is 0 Å². The monoisotopic (exact) mass is 344 g/mol. The quantitative estimate of drug-likeness (QED) is 0.254. The first kappa shape index (κ1) is 20.3. The van der Waals surface area contributed by atoms with Crippen LogP contribution in [-0.2, 0) is 28.5 Å². The average Bonchev–Trinajstić information content (AvgIpc) is 2.50. The second-order valence-corrected chi connectivity index (χ2v) is 5.25. The highest BCUT2D eigenvalue weighted by Crippen LogP contribution is 2.24. The van der Waals surface area contributed by atoms with E-state index < -0.39 is 11.6 Å². The van der Waals surface area contributed by atoms with Gasteiger partial charge in [0.15, 0.2) is 0 Å². The summed E-state index contributed by atoms with van der Waals surface area (Å²) in [7, 11) is 0. The molecule has 0 heterocycles. The van der Waals surface area contributed by atoms with Gasteiger partial charge in [0, 0.05) is 26.7 Å². The van der Waals surface area contributed by atoms with Gasteiger partial charge in [0.1, 0.15) is 0 Å². The maximum absolute atomic E-state index is 10.6. The van der Waals surface area contributed by atoms with Crippen LogP contribution < -0.4 is 0 Å². The van der Waals surface area contributed by atoms with E-state index in [1.807, 2.05) is 0 Å². The summed E-state index contributed by atoms with van der Waals surface area (Å²) in [5.41, 5.74) is 0. The molecule has 2 N–H and O–H groups in total. The molecule has 0 aromatic heterocycles. The van der Waals surface area contributed by atoms with Gasteiger partial charge in [-0.2, -0.15) is 0 Å². The normalized spacial score (nSPS) is 25.5. The number of rotatable bonds is 10. The third kappa shape index (κ3) is 8.21. The first-order valence-electron chi connectivity index (χ1n) is 7.65. The highest BCUT2D eigenvalue weighted by molar-refractivity contribution is 5.66. The average molecular weight is 344 g/mol. The van der Waals surface area contributed by atoms with Crippen molar-refractivity contribution in [2.45, 2.75) is 38.3 Å².